The van der Waals surface area contributed by atoms with E-state index in [0.717, 1.165) is 10.0 Å². The molecule has 0 saturated heterocycles. The summed E-state index contributed by atoms with van der Waals surface area (Å²) in [7, 11) is 0. The number of halogens is 1. The summed E-state index contributed by atoms with van der Waals surface area (Å²) in [5.74, 6) is -0.805. The third-order valence-electron chi connectivity index (χ3n) is 3.77. The standard InChI is InChI=1S/C17H14BrNO4/c1-10(20)14-15(11-4-6-12(18)7-5-11)19(17(22)16(14)21)9-13-3-2-8-23-13/h2-8,15,21H,9H2,1H3/t15-/m0/s1. The van der Waals surface area contributed by atoms with Crippen LogP contribution in [0.3, 0.4) is 0 Å². The Morgan fingerprint density at radius 3 is 2.57 bits per heavy atom. The first-order valence-corrected chi connectivity index (χ1v) is 7.81. The van der Waals surface area contributed by atoms with E-state index in [9.17, 15) is 14.7 Å². The Morgan fingerprint density at radius 1 is 1.30 bits per heavy atom. The highest BCUT2D eigenvalue weighted by Gasteiger charge is 2.42. The van der Waals surface area contributed by atoms with E-state index in [1.54, 1.807) is 12.1 Å². The number of hydrogen-bond donors (Lipinski definition) is 1. The number of hydrogen-bond acceptors (Lipinski definition) is 4. The maximum atomic E-state index is 12.4. The van der Waals surface area contributed by atoms with Gasteiger partial charge in [0.1, 0.15) is 5.76 Å². The van der Waals surface area contributed by atoms with Crippen LogP contribution in [0.25, 0.3) is 0 Å². The second-order valence-electron chi connectivity index (χ2n) is 5.28. The second kappa shape index (κ2) is 6.04. The van der Waals surface area contributed by atoms with Gasteiger partial charge in [-0.2, -0.15) is 0 Å². The summed E-state index contributed by atoms with van der Waals surface area (Å²) in [6.07, 6.45) is 1.52. The average Bonchev–Trinajstić information content (AvgIpc) is 3.10. The Balaban J connectivity index is 2.05. The van der Waals surface area contributed by atoms with Crippen LogP contribution in [-0.2, 0) is 16.1 Å². The maximum Gasteiger partial charge on any atom is 0.290 e. The van der Waals surface area contributed by atoms with Crippen LogP contribution in [-0.4, -0.2) is 21.7 Å². The van der Waals surface area contributed by atoms with E-state index >= 15 is 0 Å². The minimum atomic E-state index is -0.627. The number of benzene rings is 1. The van der Waals surface area contributed by atoms with Gasteiger partial charge in [0.2, 0.25) is 0 Å². The number of nitrogens with zero attached hydrogens (tertiary/aromatic N) is 1. The average molecular weight is 376 g/mol. The molecule has 6 heteroatoms. The van der Waals surface area contributed by atoms with Crippen LogP contribution in [0, 0.1) is 0 Å². The predicted octanol–water partition coefficient (Wildman–Crippen LogP) is 3.53. The van der Waals surface area contributed by atoms with Gasteiger partial charge in [0.15, 0.2) is 11.5 Å². The molecule has 1 amide bonds. The molecule has 0 saturated carbocycles. The SMILES string of the molecule is CC(=O)C1=C(O)C(=O)N(Cc2ccco2)[C@H]1c1ccc(Br)cc1. The van der Waals surface area contributed by atoms with Gasteiger partial charge < -0.3 is 14.4 Å². The van der Waals surface area contributed by atoms with Crippen LogP contribution in [0.15, 0.2) is 62.9 Å². The number of amides is 1. The molecule has 1 aliphatic rings. The van der Waals surface area contributed by atoms with Crippen LogP contribution in [0.5, 0.6) is 0 Å². The third-order valence-corrected chi connectivity index (χ3v) is 4.30. The molecule has 2 aromatic rings. The van der Waals surface area contributed by atoms with Crippen molar-refractivity contribution in [3.05, 3.63) is 69.8 Å². The fourth-order valence-corrected chi connectivity index (χ4v) is 3.00. The minimum Gasteiger partial charge on any atom is -0.503 e. The Bertz CT molecular complexity index is 777. The molecule has 0 fully saturated rings. The molecule has 2 heterocycles. The Hall–Kier alpha value is -2.34. The molecule has 5 nitrogen and oxygen atoms in total. The normalized spacial score (nSPS) is 17.9. The summed E-state index contributed by atoms with van der Waals surface area (Å²) in [5, 5.41) is 10.1. The Labute approximate surface area is 141 Å². The number of aliphatic hydroxyl groups excluding tert-OH is 1. The van der Waals surface area contributed by atoms with Gasteiger partial charge in [0.05, 0.1) is 24.4 Å². The summed E-state index contributed by atoms with van der Waals surface area (Å²) in [4.78, 5) is 25.8. The molecule has 1 atom stereocenters. The lowest BCUT2D eigenvalue weighted by molar-refractivity contribution is -0.130. The van der Waals surface area contributed by atoms with Gasteiger partial charge in [-0.3, -0.25) is 9.59 Å². The summed E-state index contributed by atoms with van der Waals surface area (Å²) >= 11 is 3.36. The van der Waals surface area contributed by atoms with Crippen LogP contribution < -0.4 is 0 Å². The molecular formula is C17H14BrNO4. The smallest absolute Gasteiger partial charge is 0.290 e. The summed E-state index contributed by atoms with van der Waals surface area (Å²) in [5.41, 5.74) is 0.867. The van der Waals surface area contributed by atoms with Crippen LogP contribution in [0.4, 0.5) is 0 Å². The first-order chi connectivity index (χ1) is 11.0. The molecule has 1 aromatic carbocycles. The van der Waals surface area contributed by atoms with E-state index in [1.165, 1.54) is 18.1 Å². The molecule has 23 heavy (non-hydrogen) atoms. The van der Waals surface area contributed by atoms with Crippen molar-refractivity contribution in [1.82, 2.24) is 4.90 Å². The van der Waals surface area contributed by atoms with Crippen LogP contribution in [0.2, 0.25) is 0 Å². The van der Waals surface area contributed by atoms with Gasteiger partial charge in [-0.15, -0.1) is 0 Å². The topological polar surface area (TPSA) is 70.8 Å². The highest BCUT2D eigenvalue weighted by Crippen LogP contribution is 2.38. The van der Waals surface area contributed by atoms with Crippen molar-refractivity contribution in [3.8, 4) is 0 Å². The van der Waals surface area contributed by atoms with E-state index in [-0.39, 0.29) is 17.9 Å². The molecule has 1 N–H and O–H groups in total. The van der Waals surface area contributed by atoms with Crippen molar-refractivity contribution in [2.24, 2.45) is 0 Å². The van der Waals surface area contributed by atoms with Crippen molar-refractivity contribution in [2.75, 3.05) is 0 Å². The molecule has 118 valence electrons. The van der Waals surface area contributed by atoms with Crippen molar-refractivity contribution in [1.29, 1.82) is 0 Å². The van der Waals surface area contributed by atoms with Gasteiger partial charge in [-0.05, 0) is 36.8 Å². The number of furan rings is 1. The zero-order valence-corrected chi connectivity index (χ0v) is 13.9. The molecule has 1 aliphatic heterocycles. The van der Waals surface area contributed by atoms with E-state index in [4.69, 9.17) is 4.42 Å². The maximum absolute atomic E-state index is 12.4. The second-order valence-corrected chi connectivity index (χ2v) is 6.20. The number of Topliss-reactive ketones (excluding diaryl/α,β-unsaturated/α-hetero) is 1. The monoisotopic (exact) mass is 375 g/mol. The lowest BCUT2D eigenvalue weighted by atomic mass is 9.97. The lowest BCUT2D eigenvalue weighted by Gasteiger charge is -2.25. The van der Waals surface area contributed by atoms with Gasteiger partial charge in [-0.25, -0.2) is 0 Å². The van der Waals surface area contributed by atoms with Crippen molar-refractivity contribution in [3.63, 3.8) is 0 Å². The van der Waals surface area contributed by atoms with E-state index in [2.05, 4.69) is 15.9 Å². The number of rotatable bonds is 4. The van der Waals surface area contributed by atoms with Gasteiger partial charge >= 0.3 is 0 Å². The molecule has 0 spiro atoms. The predicted molar refractivity (Wildman–Crippen MR) is 86.5 cm³/mol. The van der Waals surface area contributed by atoms with E-state index in [1.807, 2.05) is 24.3 Å². The van der Waals surface area contributed by atoms with Gasteiger partial charge in [0, 0.05) is 4.47 Å². The zero-order valence-electron chi connectivity index (χ0n) is 12.3. The zero-order chi connectivity index (χ0) is 16.6. The molecule has 0 unspecified atom stereocenters. The van der Waals surface area contributed by atoms with E-state index < -0.39 is 17.7 Å². The number of carbonyl (C=O) groups excluding carboxylic acids is 2. The molecule has 0 radical (unpaired) electrons. The largest absolute Gasteiger partial charge is 0.503 e. The quantitative estimate of drug-likeness (QED) is 0.887. The number of aliphatic hydroxyl groups is 1. The van der Waals surface area contributed by atoms with Gasteiger partial charge in [0.25, 0.3) is 5.91 Å². The molecule has 3 rings (SSSR count). The molecular weight excluding hydrogens is 362 g/mol. The highest BCUT2D eigenvalue weighted by atomic mass is 79.9. The van der Waals surface area contributed by atoms with E-state index in [0.29, 0.717) is 5.76 Å². The van der Waals surface area contributed by atoms with Crippen molar-refractivity contribution >= 4 is 27.6 Å². The molecule has 0 bridgehead atoms. The number of ketones is 1. The lowest BCUT2D eigenvalue weighted by Crippen LogP contribution is -2.30. The first-order valence-electron chi connectivity index (χ1n) is 7.02. The number of carbonyl (C=O) groups is 2. The molecule has 0 aliphatic carbocycles. The minimum absolute atomic E-state index is 0.115. The fraction of sp³-hybridized carbons (Fsp3) is 0.176. The Morgan fingerprint density at radius 2 is 2.00 bits per heavy atom. The van der Waals surface area contributed by atoms with Crippen LogP contribution >= 0.6 is 15.9 Å². The summed E-state index contributed by atoms with van der Waals surface area (Å²) in [6.45, 7) is 1.52. The Kier molecular flexibility index (Phi) is 4.09. The fourth-order valence-electron chi connectivity index (χ4n) is 2.74. The molecule has 1 aromatic heterocycles. The van der Waals surface area contributed by atoms with Crippen molar-refractivity contribution in [2.45, 2.75) is 19.5 Å². The van der Waals surface area contributed by atoms with Gasteiger partial charge in [-0.1, -0.05) is 28.1 Å². The van der Waals surface area contributed by atoms with Crippen molar-refractivity contribution < 1.29 is 19.1 Å². The highest BCUT2D eigenvalue weighted by molar-refractivity contribution is 9.10. The summed E-state index contributed by atoms with van der Waals surface area (Å²) < 4.78 is 6.18. The first kappa shape index (κ1) is 15.6. The third kappa shape index (κ3) is 2.82. The van der Waals surface area contributed by atoms with Crippen LogP contribution in [0.1, 0.15) is 24.3 Å². The summed E-state index contributed by atoms with van der Waals surface area (Å²) in [6, 6.07) is 10.1.